The first kappa shape index (κ1) is 20.2. The van der Waals surface area contributed by atoms with E-state index in [-0.39, 0.29) is 17.2 Å². The number of halogens is 3. The van der Waals surface area contributed by atoms with Crippen LogP contribution in [0.3, 0.4) is 0 Å². The first-order chi connectivity index (χ1) is 14.4. The zero-order chi connectivity index (χ0) is 21.1. The number of alkyl halides is 3. The van der Waals surface area contributed by atoms with Gasteiger partial charge in [0.1, 0.15) is 5.56 Å². The van der Waals surface area contributed by atoms with Crippen molar-refractivity contribution in [1.82, 2.24) is 10.1 Å². The third kappa shape index (κ3) is 4.40. The lowest BCUT2D eigenvalue weighted by Gasteiger charge is -2.32. The lowest BCUT2D eigenvalue weighted by molar-refractivity contribution is -0.137. The molecule has 1 amide bonds. The topological polar surface area (TPSA) is 46.3 Å². The van der Waals surface area contributed by atoms with Crippen LogP contribution >= 0.6 is 0 Å². The molecule has 0 radical (unpaired) electrons. The zero-order valence-corrected chi connectivity index (χ0v) is 16.2. The maximum Gasteiger partial charge on any atom is 0.416 e. The van der Waals surface area contributed by atoms with E-state index in [1.54, 1.807) is 4.90 Å². The van der Waals surface area contributed by atoms with Crippen molar-refractivity contribution in [3.05, 3.63) is 77.5 Å². The summed E-state index contributed by atoms with van der Waals surface area (Å²) in [7, 11) is 0. The molecule has 30 heavy (non-hydrogen) atoms. The minimum absolute atomic E-state index is 0.195. The van der Waals surface area contributed by atoms with Crippen LogP contribution in [0.4, 0.5) is 13.2 Å². The second-order valence-electron chi connectivity index (χ2n) is 7.57. The molecule has 1 aliphatic heterocycles. The van der Waals surface area contributed by atoms with Crippen molar-refractivity contribution in [1.29, 1.82) is 0 Å². The van der Waals surface area contributed by atoms with Gasteiger partial charge < -0.3 is 9.42 Å². The molecule has 1 saturated heterocycles. The second kappa shape index (κ2) is 8.34. The summed E-state index contributed by atoms with van der Waals surface area (Å²) in [6.07, 6.45) is -0.274. The molecule has 2 heterocycles. The standard InChI is InChI=1S/C23H21F3N2O2/c24-23(25,26)19-8-6-18(7-9-19)21-20(15-27-30-21)22(29)28-12-10-17(11-13-28)14-16-4-2-1-3-5-16/h1-9,15,17H,10-14H2. The third-order valence-corrected chi connectivity index (χ3v) is 5.54. The van der Waals surface area contributed by atoms with Gasteiger partial charge in [0.2, 0.25) is 0 Å². The van der Waals surface area contributed by atoms with Crippen LogP contribution in [0.25, 0.3) is 11.3 Å². The van der Waals surface area contributed by atoms with Gasteiger partial charge in [0.15, 0.2) is 5.76 Å². The van der Waals surface area contributed by atoms with Gasteiger partial charge in [0.05, 0.1) is 11.8 Å². The lowest BCUT2D eigenvalue weighted by atomic mass is 9.90. The number of rotatable bonds is 4. The Morgan fingerprint density at radius 2 is 1.70 bits per heavy atom. The summed E-state index contributed by atoms with van der Waals surface area (Å²) in [6.45, 7) is 1.27. The molecule has 3 aromatic rings. The molecule has 0 bridgehead atoms. The Bertz CT molecular complexity index is 989. The summed E-state index contributed by atoms with van der Waals surface area (Å²) < 4.78 is 43.6. The van der Waals surface area contributed by atoms with Crippen LogP contribution in [0.2, 0.25) is 0 Å². The number of piperidine rings is 1. The Morgan fingerprint density at radius 3 is 2.33 bits per heavy atom. The number of amides is 1. The van der Waals surface area contributed by atoms with E-state index in [9.17, 15) is 18.0 Å². The normalized spacial score (nSPS) is 15.4. The van der Waals surface area contributed by atoms with E-state index < -0.39 is 11.7 Å². The quantitative estimate of drug-likeness (QED) is 0.570. The van der Waals surface area contributed by atoms with Gasteiger partial charge in [-0.1, -0.05) is 47.6 Å². The van der Waals surface area contributed by atoms with Gasteiger partial charge in [-0.15, -0.1) is 0 Å². The van der Waals surface area contributed by atoms with Gasteiger partial charge in [0.25, 0.3) is 5.91 Å². The Hall–Kier alpha value is -3.09. The maximum atomic E-state index is 13.0. The average molecular weight is 414 g/mol. The third-order valence-electron chi connectivity index (χ3n) is 5.54. The SMILES string of the molecule is O=C(c1cnoc1-c1ccc(C(F)(F)F)cc1)N1CCC(Cc2ccccc2)CC1. The van der Waals surface area contributed by atoms with Crippen LogP contribution in [-0.4, -0.2) is 29.1 Å². The predicted octanol–water partition coefficient (Wildman–Crippen LogP) is 5.46. The van der Waals surface area contributed by atoms with E-state index >= 15 is 0 Å². The van der Waals surface area contributed by atoms with E-state index in [2.05, 4.69) is 17.3 Å². The van der Waals surface area contributed by atoms with E-state index in [4.69, 9.17) is 4.52 Å². The maximum absolute atomic E-state index is 13.0. The Kier molecular flexibility index (Phi) is 5.61. The van der Waals surface area contributed by atoms with Crippen molar-refractivity contribution >= 4 is 5.91 Å². The molecular weight excluding hydrogens is 393 g/mol. The highest BCUT2D eigenvalue weighted by Crippen LogP contribution is 2.32. The van der Waals surface area contributed by atoms with Gasteiger partial charge in [-0.2, -0.15) is 13.2 Å². The second-order valence-corrected chi connectivity index (χ2v) is 7.57. The molecule has 1 aromatic heterocycles. The van der Waals surface area contributed by atoms with Crippen molar-refractivity contribution in [2.75, 3.05) is 13.1 Å². The summed E-state index contributed by atoms with van der Waals surface area (Å²) in [5.74, 6) is 0.512. The fourth-order valence-electron chi connectivity index (χ4n) is 3.87. The molecule has 4 nitrogen and oxygen atoms in total. The Balaban J connectivity index is 1.42. The molecule has 7 heteroatoms. The number of carbonyl (C=O) groups is 1. The summed E-state index contributed by atoms with van der Waals surface area (Å²) in [5.41, 5.74) is 1.21. The van der Waals surface area contributed by atoms with Crippen molar-refractivity contribution in [3.8, 4) is 11.3 Å². The minimum atomic E-state index is -4.41. The molecule has 1 aliphatic rings. The van der Waals surface area contributed by atoms with Crippen molar-refractivity contribution in [2.24, 2.45) is 5.92 Å². The molecular formula is C23H21F3N2O2. The average Bonchev–Trinajstić information content (AvgIpc) is 3.24. The number of carbonyl (C=O) groups excluding carboxylic acids is 1. The number of likely N-dealkylation sites (tertiary alicyclic amines) is 1. The van der Waals surface area contributed by atoms with E-state index in [0.29, 0.717) is 24.6 Å². The fourth-order valence-corrected chi connectivity index (χ4v) is 3.87. The van der Waals surface area contributed by atoms with Crippen molar-refractivity contribution < 1.29 is 22.5 Å². The first-order valence-corrected chi connectivity index (χ1v) is 9.87. The molecule has 0 unspecified atom stereocenters. The largest absolute Gasteiger partial charge is 0.416 e. The number of hydrogen-bond donors (Lipinski definition) is 0. The number of hydrogen-bond acceptors (Lipinski definition) is 3. The number of nitrogens with zero attached hydrogens (tertiary/aromatic N) is 2. The van der Waals surface area contributed by atoms with Gasteiger partial charge in [-0.05, 0) is 42.9 Å². The van der Waals surface area contributed by atoms with Crippen LogP contribution in [0, 0.1) is 5.92 Å². The Morgan fingerprint density at radius 1 is 1.03 bits per heavy atom. The highest BCUT2D eigenvalue weighted by atomic mass is 19.4. The van der Waals surface area contributed by atoms with Crippen LogP contribution in [0.5, 0.6) is 0 Å². The van der Waals surface area contributed by atoms with Gasteiger partial charge >= 0.3 is 6.18 Å². The molecule has 0 atom stereocenters. The molecule has 1 fully saturated rings. The molecule has 0 N–H and O–H groups in total. The molecule has 4 rings (SSSR count). The van der Waals surface area contributed by atoms with Gasteiger partial charge in [-0.3, -0.25) is 4.79 Å². The van der Waals surface area contributed by atoms with E-state index in [0.717, 1.165) is 31.4 Å². The van der Waals surface area contributed by atoms with Crippen LogP contribution in [0.1, 0.15) is 34.3 Å². The molecule has 0 aliphatic carbocycles. The molecule has 0 spiro atoms. The first-order valence-electron chi connectivity index (χ1n) is 9.87. The molecule has 2 aromatic carbocycles. The zero-order valence-electron chi connectivity index (χ0n) is 16.2. The summed E-state index contributed by atoms with van der Waals surface area (Å²) in [5, 5.41) is 3.71. The number of aromatic nitrogens is 1. The van der Waals surface area contributed by atoms with Crippen LogP contribution in [0.15, 0.2) is 65.3 Å². The molecule has 0 saturated carbocycles. The predicted molar refractivity (Wildman–Crippen MR) is 106 cm³/mol. The number of benzene rings is 2. The summed E-state index contributed by atoms with van der Waals surface area (Å²) in [6, 6.07) is 14.8. The molecule has 156 valence electrons. The van der Waals surface area contributed by atoms with Crippen molar-refractivity contribution in [3.63, 3.8) is 0 Å². The lowest BCUT2D eigenvalue weighted by Crippen LogP contribution is -2.39. The van der Waals surface area contributed by atoms with Crippen LogP contribution in [-0.2, 0) is 12.6 Å². The van der Waals surface area contributed by atoms with Crippen LogP contribution < -0.4 is 0 Å². The van der Waals surface area contributed by atoms with Crippen molar-refractivity contribution in [2.45, 2.75) is 25.4 Å². The Labute approximate surface area is 172 Å². The highest BCUT2D eigenvalue weighted by Gasteiger charge is 2.31. The van der Waals surface area contributed by atoms with E-state index in [1.165, 1.54) is 23.9 Å². The van der Waals surface area contributed by atoms with Gasteiger partial charge in [-0.25, -0.2) is 0 Å². The van der Waals surface area contributed by atoms with Gasteiger partial charge in [0, 0.05) is 18.7 Å². The monoisotopic (exact) mass is 414 g/mol. The fraction of sp³-hybridized carbons (Fsp3) is 0.304. The van der Waals surface area contributed by atoms with E-state index in [1.807, 2.05) is 18.2 Å². The minimum Gasteiger partial charge on any atom is -0.355 e. The summed E-state index contributed by atoms with van der Waals surface area (Å²) >= 11 is 0. The summed E-state index contributed by atoms with van der Waals surface area (Å²) in [4.78, 5) is 14.8. The highest BCUT2D eigenvalue weighted by molar-refractivity contribution is 5.99. The smallest absolute Gasteiger partial charge is 0.355 e.